The van der Waals surface area contributed by atoms with Crippen LogP contribution in [0.4, 0.5) is 0 Å². The molecule has 3 nitrogen and oxygen atoms in total. The molecular weight excluding hydrogens is 344 g/mol. The third kappa shape index (κ3) is 4.25. The zero-order valence-electron chi connectivity index (χ0n) is 10.7. The number of carbonyl (C=O) groups excluding carboxylic acids is 1. The Kier molecular flexibility index (Phi) is 5.04. The van der Waals surface area contributed by atoms with Crippen molar-refractivity contribution in [2.75, 3.05) is 6.61 Å². The lowest BCUT2D eigenvalue weighted by atomic mass is 10.2. The van der Waals surface area contributed by atoms with Crippen molar-refractivity contribution < 1.29 is 14.3 Å². The van der Waals surface area contributed by atoms with Crippen LogP contribution >= 0.6 is 27.5 Å². The van der Waals surface area contributed by atoms with E-state index in [2.05, 4.69) is 15.9 Å². The summed E-state index contributed by atoms with van der Waals surface area (Å²) in [5, 5.41) is 0.635. The fraction of sp³-hybridized carbons (Fsp3) is 0.133. The topological polar surface area (TPSA) is 35.5 Å². The standard InChI is InChI=1S/C15H12BrClO3/c1-10-8-13(6-7-14(10)17)20-15(18)9-19-12-4-2-11(16)3-5-12/h2-8H,9H2,1H3. The van der Waals surface area contributed by atoms with E-state index in [4.69, 9.17) is 21.1 Å². The van der Waals surface area contributed by atoms with E-state index < -0.39 is 5.97 Å². The largest absolute Gasteiger partial charge is 0.482 e. The molecule has 2 aromatic carbocycles. The second-order valence-corrected chi connectivity index (χ2v) is 5.45. The second-order valence-electron chi connectivity index (χ2n) is 4.13. The lowest BCUT2D eigenvalue weighted by molar-refractivity contribution is -0.136. The van der Waals surface area contributed by atoms with Crippen molar-refractivity contribution in [3.8, 4) is 11.5 Å². The van der Waals surface area contributed by atoms with E-state index in [1.165, 1.54) is 0 Å². The maximum atomic E-state index is 11.7. The minimum Gasteiger partial charge on any atom is -0.482 e. The summed E-state index contributed by atoms with van der Waals surface area (Å²) in [5.74, 6) is 0.600. The van der Waals surface area contributed by atoms with E-state index in [1.807, 2.05) is 19.1 Å². The molecule has 2 rings (SSSR count). The van der Waals surface area contributed by atoms with Gasteiger partial charge in [0.15, 0.2) is 6.61 Å². The molecule has 0 unspecified atom stereocenters. The predicted molar refractivity (Wildman–Crippen MR) is 81.5 cm³/mol. The maximum absolute atomic E-state index is 11.7. The Morgan fingerprint density at radius 1 is 1.15 bits per heavy atom. The number of rotatable bonds is 4. The van der Waals surface area contributed by atoms with Gasteiger partial charge in [-0.25, -0.2) is 4.79 Å². The monoisotopic (exact) mass is 354 g/mol. The minimum atomic E-state index is -0.463. The summed E-state index contributed by atoms with van der Waals surface area (Å²) in [5.41, 5.74) is 0.853. The van der Waals surface area contributed by atoms with E-state index in [0.717, 1.165) is 10.0 Å². The van der Waals surface area contributed by atoms with Crippen molar-refractivity contribution in [3.63, 3.8) is 0 Å². The van der Waals surface area contributed by atoms with Crippen LogP contribution in [0.2, 0.25) is 5.02 Å². The lowest BCUT2D eigenvalue weighted by Gasteiger charge is -2.07. The molecule has 0 saturated carbocycles. The Morgan fingerprint density at radius 3 is 2.45 bits per heavy atom. The first-order chi connectivity index (χ1) is 9.54. The van der Waals surface area contributed by atoms with Crippen LogP contribution in [0, 0.1) is 6.92 Å². The van der Waals surface area contributed by atoms with Crippen LogP contribution < -0.4 is 9.47 Å². The van der Waals surface area contributed by atoms with Crippen molar-refractivity contribution >= 4 is 33.5 Å². The number of ether oxygens (including phenoxy) is 2. The quantitative estimate of drug-likeness (QED) is 0.602. The van der Waals surface area contributed by atoms with Gasteiger partial charge in [-0.2, -0.15) is 0 Å². The first-order valence-corrected chi connectivity index (χ1v) is 7.07. The van der Waals surface area contributed by atoms with Crippen molar-refractivity contribution in [2.45, 2.75) is 6.92 Å². The van der Waals surface area contributed by atoms with Crippen molar-refractivity contribution in [2.24, 2.45) is 0 Å². The highest BCUT2D eigenvalue weighted by atomic mass is 79.9. The highest BCUT2D eigenvalue weighted by molar-refractivity contribution is 9.10. The molecule has 5 heteroatoms. The SMILES string of the molecule is Cc1cc(OC(=O)COc2ccc(Br)cc2)ccc1Cl. The smallest absolute Gasteiger partial charge is 0.349 e. The zero-order valence-corrected chi connectivity index (χ0v) is 13.1. The Bertz CT molecular complexity index is 611. The Morgan fingerprint density at radius 2 is 1.80 bits per heavy atom. The Balaban J connectivity index is 1.89. The second kappa shape index (κ2) is 6.77. The van der Waals surface area contributed by atoms with E-state index in [9.17, 15) is 4.79 Å². The molecule has 20 heavy (non-hydrogen) atoms. The van der Waals surface area contributed by atoms with Gasteiger partial charge in [0.25, 0.3) is 0 Å². The Labute approximate surface area is 130 Å². The van der Waals surface area contributed by atoms with Gasteiger partial charge in [0, 0.05) is 9.50 Å². The zero-order chi connectivity index (χ0) is 14.5. The van der Waals surface area contributed by atoms with Gasteiger partial charge < -0.3 is 9.47 Å². The summed E-state index contributed by atoms with van der Waals surface area (Å²) >= 11 is 9.23. The maximum Gasteiger partial charge on any atom is 0.349 e. The van der Waals surface area contributed by atoms with Crippen LogP contribution in [0.25, 0.3) is 0 Å². The molecule has 0 saturated heterocycles. The molecule has 0 N–H and O–H groups in total. The average molecular weight is 356 g/mol. The number of aryl methyl sites for hydroxylation is 1. The molecule has 0 radical (unpaired) electrons. The van der Waals surface area contributed by atoms with Gasteiger partial charge in [-0.05, 0) is 55.0 Å². The van der Waals surface area contributed by atoms with E-state index in [1.54, 1.807) is 30.3 Å². The first kappa shape index (κ1) is 14.9. The fourth-order valence-electron chi connectivity index (χ4n) is 1.51. The summed E-state index contributed by atoms with van der Waals surface area (Å²) in [6.07, 6.45) is 0. The molecule has 2 aromatic rings. The summed E-state index contributed by atoms with van der Waals surface area (Å²) in [6.45, 7) is 1.70. The number of carbonyl (C=O) groups is 1. The van der Waals surface area contributed by atoms with Crippen molar-refractivity contribution in [1.29, 1.82) is 0 Å². The number of esters is 1. The molecule has 0 atom stereocenters. The van der Waals surface area contributed by atoms with E-state index in [-0.39, 0.29) is 6.61 Å². The van der Waals surface area contributed by atoms with Crippen LogP contribution in [0.1, 0.15) is 5.56 Å². The molecule has 0 fully saturated rings. The van der Waals surface area contributed by atoms with Crippen LogP contribution in [-0.4, -0.2) is 12.6 Å². The van der Waals surface area contributed by atoms with Crippen molar-refractivity contribution in [3.05, 3.63) is 57.5 Å². The van der Waals surface area contributed by atoms with E-state index >= 15 is 0 Å². The third-order valence-electron chi connectivity index (χ3n) is 2.53. The van der Waals surface area contributed by atoms with Gasteiger partial charge in [-0.1, -0.05) is 27.5 Å². The van der Waals surface area contributed by atoms with Gasteiger partial charge in [-0.3, -0.25) is 0 Å². The third-order valence-corrected chi connectivity index (χ3v) is 3.48. The first-order valence-electron chi connectivity index (χ1n) is 5.90. The van der Waals surface area contributed by atoms with Crippen LogP contribution in [0.5, 0.6) is 11.5 Å². The highest BCUT2D eigenvalue weighted by Crippen LogP contribution is 2.21. The lowest BCUT2D eigenvalue weighted by Crippen LogP contribution is -2.17. The summed E-state index contributed by atoms with van der Waals surface area (Å²) in [6, 6.07) is 12.3. The number of benzene rings is 2. The molecular formula is C15H12BrClO3. The average Bonchev–Trinajstić information content (AvgIpc) is 2.42. The Hall–Kier alpha value is -1.52. The number of halogens is 2. The van der Waals surface area contributed by atoms with Gasteiger partial charge in [-0.15, -0.1) is 0 Å². The molecule has 0 spiro atoms. The predicted octanol–water partition coefficient (Wildman–Crippen LogP) is 4.40. The molecule has 0 amide bonds. The molecule has 0 aliphatic rings. The van der Waals surface area contributed by atoms with Gasteiger partial charge in [0.2, 0.25) is 0 Å². The molecule has 0 heterocycles. The summed E-state index contributed by atoms with van der Waals surface area (Å²) in [4.78, 5) is 11.7. The van der Waals surface area contributed by atoms with Crippen LogP contribution in [-0.2, 0) is 4.79 Å². The van der Waals surface area contributed by atoms with Gasteiger partial charge in [0.05, 0.1) is 0 Å². The highest BCUT2D eigenvalue weighted by Gasteiger charge is 2.07. The molecule has 0 aliphatic carbocycles. The minimum absolute atomic E-state index is 0.149. The summed E-state index contributed by atoms with van der Waals surface area (Å²) < 4.78 is 11.4. The van der Waals surface area contributed by atoms with Gasteiger partial charge >= 0.3 is 5.97 Å². The van der Waals surface area contributed by atoms with Crippen LogP contribution in [0.3, 0.4) is 0 Å². The molecule has 104 valence electrons. The molecule has 0 aliphatic heterocycles. The number of hydrogen-bond acceptors (Lipinski definition) is 3. The van der Waals surface area contributed by atoms with Crippen molar-refractivity contribution in [1.82, 2.24) is 0 Å². The molecule has 0 bridgehead atoms. The molecule has 0 aromatic heterocycles. The summed E-state index contributed by atoms with van der Waals surface area (Å²) in [7, 11) is 0. The fourth-order valence-corrected chi connectivity index (χ4v) is 1.90. The van der Waals surface area contributed by atoms with E-state index in [0.29, 0.717) is 16.5 Å². The van der Waals surface area contributed by atoms with Crippen LogP contribution in [0.15, 0.2) is 46.9 Å². The normalized spacial score (nSPS) is 10.2. The number of hydrogen-bond donors (Lipinski definition) is 0. The van der Waals surface area contributed by atoms with Gasteiger partial charge in [0.1, 0.15) is 11.5 Å².